The van der Waals surface area contributed by atoms with Crippen LogP contribution in [-0.4, -0.2) is 54.2 Å². The standard InChI is InChI=1S/C20H20N8O/c1-26-9-10-28-19(26)16(12-23-28)18(29)24-15-5-8-27(13-15)20-22-7-4-17(25-20)14-3-2-6-21-11-14/h2-4,6-7,9-12,15H,5,8,13H2,1H3,(H,24,29). The molecule has 0 aliphatic carbocycles. The van der Waals surface area contributed by atoms with Crippen LogP contribution in [0.15, 0.2) is 55.4 Å². The number of pyridine rings is 1. The highest BCUT2D eigenvalue weighted by Crippen LogP contribution is 2.21. The summed E-state index contributed by atoms with van der Waals surface area (Å²) >= 11 is 0. The van der Waals surface area contributed by atoms with Crippen molar-refractivity contribution in [2.24, 2.45) is 7.05 Å². The maximum Gasteiger partial charge on any atom is 0.256 e. The number of amides is 1. The van der Waals surface area contributed by atoms with Crippen molar-refractivity contribution >= 4 is 17.5 Å². The Balaban J connectivity index is 1.29. The molecule has 0 saturated carbocycles. The summed E-state index contributed by atoms with van der Waals surface area (Å²) in [4.78, 5) is 28.1. The van der Waals surface area contributed by atoms with E-state index in [1.54, 1.807) is 29.3 Å². The predicted molar refractivity (Wildman–Crippen MR) is 108 cm³/mol. The van der Waals surface area contributed by atoms with Crippen molar-refractivity contribution in [2.75, 3.05) is 18.0 Å². The van der Waals surface area contributed by atoms with Gasteiger partial charge in [-0.1, -0.05) is 0 Å². The summed E-state index contributed by atoms with van der Waals surface area (Å²) in [5.74, 6) is 0.553. The molecule has 146 valence electrons. The molecule has 0 spiro atoms. The van der Waals surface area contributed by atoms with E-state index in [-0.39, 0.29) is 11.9 Å². The number of rotatable bonds is 4. The first-order valence-electron chi connectivity index (χ1n) is 9.47. The Kier molecular flexibility index (Phi) is 4.19. The third kappa shape index (κ3) is 3.20. The molecule has 5 heterocycles. The van der Waals surface area contributed by atoms with Gasteiger partial charge in [0.15, 0.2) is 0 Å². The third-order valence-corrected chi connectivity index (χ3v) is 5.19. The molecule has 5 rings (SSSR count). The van der Waals surface area contributed by atoms with Crippen LogP contribution in [0.25, 0.3) is 16.9 Å². The number of aryl methyl sites for hydroxylation is 1. The van der Waals surface area contributed by atoms with Crippen LogP contribution in [0.5, 0.6) is 0 Å². The molecule has 1 atom stereocenters. The quantitative estimate of drug-likeness (QED) is 0.570. The lowest BCUT2D eigenvalue weighted by atomic mass is 10.2. The van der Waals surface area contributed by atoms with E-state index in [0.29, 0.717) is 18.1 Å². The average molecular weight is 388 g/mol. The van der Waals surface area contributed by atoms with Gasteiger partial charge in [-0.2, -0.15) is 5.10 Å². The second kappa shape index (κ2) is 7.01. The Morgan fingerprint density at radius 1 is 1.21 bits per heavy atom. The van der Waals surface area contributed by atoms with Crippen LogP contribution in [0.2, 0.25) is 0 Å². The van der Waals surface area contributed by atoms with Gasteiger partial charge < -0.3 is 14.8 Å². The summed E-state index contributed by atoms with van der Waals surface area (Å²) in [5, 5.41) is 7.36. The molecule has 9 heteroatoms. The number of fused-ring (bicyclic) bond motifs is 1. The summed E-state index contributed by atoms with van der Waals surface area (Å²) in [6, 6.07) is 5.77. The molecule has 29 heavy (non-hydrogen) atoms. The van der Waals surface area contributed by atoms with Crippen molar-refractivity contribution in [3.05, 3.63) is 60.9 Å². The monoisotopic (exact) mass is 388 g/mol. The smallest absolute Gasteiger partial charge is 0.256 e. The van der Waals surface area contributed by atoms with E-state index >= 15 is 0 Å². The fraction of sp³-hybridized carbons (Fsp3) is 0.250. The lowest BCUT2D eigenvalue weighted by molar-refractivity contribution is 0.0941. The van der Waals surface area contributed by atoms with Crippen molar-refractivity contribution in [3.63, 3.8) is 0 Å². The van der Waals surface area contributed by atoms with E-state index in [2.05, 4.69) is 30.3 Å². The largest absolute Gasteiger partial charge is 0.347 e. The van der Waals surface area contributed by atoms with Crippen LogP contribution < -0.4 is 10.2 Å². The first kappa shape index (κ1) is 17.4. The normalized spacial score (nSPS) is 16.4. The maximum absolute atomic E-state index is 12.8. The zero-order valence-electron chi connectivity index (χ0n) is 15.9. The Morgan fingerprint density at radius 2 is 2.14 bits per heavy atom. The number of carbonyl (C=O) groups is 1. The molecule has 9 nitrogen and oxygen atoms in total. The van der Waals surface area contributed by atoms with Crippen molar-refractivity contribution in [1.29, 1.82) is 0 Å². The van der Waals surface area contributed by atoms with E-state index in [4.69, 9.17) is 0 Å². The molecule has 1 aliphatic rings. The molecule has 0 bridgehead atoms. The SMILES string of the molecule is Cn1ccn2ncc(C(=O)NC3CCN(c4nccc(-c5cccnc5)n4)C3)c12. The Morgan fingerprint density at radius 3 is 3.00 bits per heavy atom. The van der Waals surface area contributed by atoms with Gasteiger partial charge in [0.25, 0.3) is 5.91 Å². The third-order valence-electron chi connectivity index (χ3n) is 5.19. The zero-order chi connectivity index (χ0) is 19.8. The van der Waals surface area contributed by atoms with E-state index in [9.17, 15) is 4.79 Å². The second-order valence-corrected chi connectivity index (χ2v) is 7.12. The summed E-state index contributed by atoms with van der Waals surface area (Å²) < 4.78 is 3.59. The minimum Gasteiger partial charge on any atom is -0.347 e. The van der Waals surface area contributed by atoms with E-state index in [0.717, 1.165) is 29.9 Å². The number of nitrogens with zero attached hydrogens (tertiary/aromatic N) is 7. The van der Waals surface area contributed by atoms with Gasteiger partial charge in [-0.3, -0.25) is 9.78 Å². The predicted octanol–water partition coefficient (Wildman–Crippen LogP) is 1.53. The first-order valence-corrected chi connectivity index (χ1v) is 9.47. The van der Waals surface area contributed by atoms with Gasteiger partial charge in [0.2, 0.25) is 5.95 Å². The fourth-order valence-electron chi connectivity index (χ4n) is 3.71. The van der Waals surface area contributed by atoms with Crippen molar-refractivity contribution in [3.8, 4) is 11.3 Å². The highest BCUT2D eigenvalue weighted by Gasteiger charge is 2.27. The van der Waals surface area contributed by atoms with Gasteiger partial charge in [-0.25, -0.2) is 14.5 Å². The number of hydrogen-bond acceptors (Lipinski definition) is 6. The van der Waals surface area contributed by atoms with Gasteiger partial charge >= 0.3 is 0 Å². The van der Waals surface area contributed by atoms with Crippen LogP contribution in [-0.2, 0) is 7.05 Å². The van der Waals surface area contributed by atoms with Gasteiger partial charge in [0.1, 0.15) is 11.2 Å². The van der Waals surface area contributed by atoms with Crippen LogP contribution in [0.3, 0.4) is 0 Å². The average Bonchev–Trinajstić information content (AvgIpc) is 3.47. The van der Waals surface area contributed by atoms with Crippen LogP contribution in [0, 0.1) is 0 Å². The van der Waals surface area contributed by atoms with Gasteiger partial charge in [-0.05, 0) is 24.6 Å². The molecular weight excluding hydrogens is 368 g/mol. The molecule has 4 aromatic rings. The molecule has 4 aromatic heterocycles. The van der Waals surface area contributed by atoms with E-state index < -0.39 is 0 Å². The molecule has 1 saturated heterocycles. The number of nitrogens with one attached hydrogen (secondary N) is 1. The highest BCUT2D eigenvalue weighted by molar-refractivity contribution is 6.00. The Bertz CT molecular complexity index is 1170. The van der Waals surface area contributed by atoms with Crippen LogP contribution in [0.1, 0.15) is 16.8 Å². The molecule has 1 amide bonds. The minimum absolute atomic E-state index is 0.0309. The molecule has 1 unspecified atom stereocenters. The topological polar surface area (TPSA) is 93.2 Å². The molecule has 1 aliphatic heterocycles. The summed E-state index contributed by atoms with van der Waals surface area (Å²) in [7, 11) is 1.90. The first-order chi connectivity index (χ1) is 14.2. The lowest BCUT2D eigenvalue weighted by Crippen LogP contribution is -2.37. The van der Waals surface area contributed by atoms with E-state index in [1.165, 1.54) is 0 Å². The highest BCUT2D eigenvalue weighted by atomic mass is 16.1. The van der Waals surface area contributed by atoms with Crippen molar-refractivity contribution in [1.82, 2.24) is 34.4 Å². The Hall–Kier alpha value is -3.75. The molecular formula is C20H20N8O. The van der Waals surface area contributed by atoms with Gasteiger partial charge in [0.05, 0.1) is 11.9 Å². The second-order valence-electron chi connectivity index (χ2n) is 7.12. The maximum atomic E-state index is 12.8. The van der Waals surface area contributed by atoms with Crippen molar-refractivity contribution in [2.45, 2.75) is 12.5 Å². The number of aromatic nitrogens is 6. The van der Waals surface area contributed by atoms with Gasteiger partial charge in [0, 0.05) is 62.7 Å². The molecule has 0 radical (unpaired) electrons. The van der Waals surface area contributed by atoms with Crippen LogP contribution in [0.4, 0.5) is 5.95 Å². The van der Waals surface area contributed by atoms with Crippen LogP contribution >= 0.6 is 0 Å². The fourth-order valence-corrected chi connectivity index (χ4v) is 3.71. The molecule has 0 aromatic carbocycles. The number of hydrogen-bond donors (Lipinski definition) is 1. The minimum atomic E-state index is -0.112. The molecule has 1 N–H and O–H groups in total. The summed E-state index contributed by atoms with van der Waals surface area (Å²) in [5.41, 5.74) is 3.14. The van der Waals surface area contributed by atoms with Crippen molar-refractivity contribution < 1.29 is 4.79 Å². The molecule has 1 fully saturated rings. The number of anilines is 1. The summed E-state index contributed by atoms with van der Waals surface area (Å²) in [6.45, 7) is 1.45. The summed E-state index contributed by atoms with van der Waals surface area (Å²) in [6.07, 6.45) is 11.4. The lowest BCUT2D eigenvalue weighted by Gasteiger charge is -2.17. The zero-order valence-corrected chi connectivity index (χ0v) is 15.9. The van der Waals surface area contributed by atoms with E-state index in [1.807, 2.05) is 42.2 Å². The van der Waals surface area contributed by atoms with Gasteiger partial charge in [-0.15, -0.1) is 0 Å². The number of carbonyl (C=O) groups excluding carboxylic acids is 1. The number of imidazole rings is 1. The Labute approximate surface area is 167 Å².